The molecule has 0 aliphatic rings. The summed E-state index contributed by atoms with van der Waals surface area (Å²) in [5, 5.41) is 16.2. The van der Waals surface area contributed by atoms with Crippen LogP contribution in [0.3, 0.4) is 0 Å². The molecule has 6 aromatic rings. The summed E-state index contributed by atoms with van der Waals surface area (Å²) >= 11 is 0. The van der Waals surface area contributed by atoms with Gasteiger partial charge in [-0.1, -0.05) is 116 Å². The molecule has 0 radical (unpaired) electrons. The first-order valence-corrected chi connectivity index (χ1v) is 17.8. The van der Waals surface area contributed by atoms with Crippen LogP contribution < -0.4 is 20.5 Å². The molecule has 10 heteroatoms. The Morgan fingerprint density at radius 2 is 1.40 bits per heavy atom. The first-order valence-electron chi connectivity index (χ1n) is 17.8. The normalized spacial score (nSPS) is 11.7. The summed E-state index contributed by atoms with van der Waals surface area (Å²) in [7, 11) is 0. The van der Waals surface area contributed by atoms with E-state index >= 15 is 0 Å². The van der Waals surface area contributed by atoms with Crippen molar-refractivity contribution >= 4 is 40.0 Å². The molecule has 6 rings (SSSR count). The Bertz CT molecular complexity index is 2030. The van der Waals surface area contributed by atoms with Crippen LogP contribution in [0.25, 0.3) is 32.7 Å². The van der Waals surface area contributed by atoms with Crippen LogP contribution in [0, 0.1) is 5.92 Å². The predicted octanol–water partition coefficient (Wildman–Crippen LogP) is 9.10. The van der Waals surface area contributed by atoms with Crippen molar-refractivity contribution in [2.45, 2.75) is 65.3 Å². The van der Waals surface area contributed by atoms with Gasteiger partial charge in [0, 0.05) is 11.1 Å². The fraction of sp³-hybridized carbons (Fsp3) is 0.310. The number of nitrogens with zero attached hydrogens (tertiary/aromatic N) is 3. The largest absolute Gasteiger partial charge is 0.493 e. The first kappa shape index (κ1) is 38.1. The van der Waals surface area contributed by atoms with E-state index in [9.17, 15) is 4.79 Å². The minimum Gasteiger partial charge on any atom is -0.493 e. The lowest BCUT2D eigenvalue weighted by Crippen LogP contribution is -2.38. The second-order valence-electron chi connectivity index (χ2n) is 13.3. The molecule has 3 N–H and O–H groups in total. The Morgan fingerprint density at radius 3 is 2.06 bits per heavy atom. The molecule has 1 atom stereocenters. The number of nitrogens with one attached hydrogen (secondary N) is 1. The molecule has 1 amide bonds. The van der Waals surface area contributed by atoms with Crippen LogP contribution in [0.1, 0.15) is 50.8 Å². The van der Waals surface area contributed by atoms with E-state index in [2.05, 4.69) is 96.2 Å². The minimum atomic E-state index is -0.468. The maximum absolute atomic E-state index is 12.7. The number of benzene rings is 5. The van der Waals surface area contributed by atoms with Gasteiger partial charge in [0.1, 0.15) is 30.4 Å². The van der Waals surface area contributed by atoms with Crippen molar-refractivity contribution in [1.82, 2.24) is 20.3 Å². The van der Waals surface area contributed by atoms with Crippen molar-refractivity contribution in [2.24, 2.45) is 11.7 Å². The first-order chi connectivity index (χ1) is 25.0. The third kappa shape index (κ3) is 10.0. The van der Waals surface area contributed by atoms with Gasteiger partial charge in [-0.25, -0.2) is 4.79 Å². The second-order valence-corrected chi connectivity index (χ2v) is 13.3. The molecule has 0 unspecified atom stereocenters. The number of alkyl carbamates (subject to hydrolysis) is 1. The molecule has 1 heterocycles. The summed E-state index contributed by atoms with van der Waals surface area (Å²) in [5.74, 6) is 2.09. The van der Waals surface area contributed by atoms with Gasteiger partial charge in [-0.05, 0) is 71.0 Å². The van der Waals surface area contributed by atoms with Crippen molar-refractivity contribution in [3.05, 3.63) is 121 Å². The number of carbonyl (C=O) groups excluding carboxylic acids is 1. The zero-order valence-corrected chi connectivity index (χ0v) is 30.7. The molecule has 52 heavy (non-hydrogen) atoms. The highest BCUT2D eigenvalue weighted by Gasteiger charge is 2.20. The topological polar surface area (TPSA) is 114 Å². The molecule has 0 bridgehead atoms. The zero-order chi connectivity index (χ0) is 35.4. The lowest BCUT2D eigenvalue weighted by molar-refractivity contribution is 0.133. The van der Waals surface area contributed by atoms with Crippen molar-refractivity contribution in [2.75, 3.05) is 13.2 Å². The van der Waals surface area contributed by atoms with Gasteiger partial charge >= 0.3 is 6.09 Å². The van der Waals surface area contributed by atoms with E-state index in [1.54, 1.807) is 4.68 Å². The SMILES string of the molecule is CC(C)CCOc1ccc2ccccc2c1-c1c(OCc2cn(C[C@@H](CCCCN)NC(=O)OCc3ccccc3)nn2)ccc2ccccc12.Cl. The smallest absolute Gasteiger partial charge is 0.407 e. The quantitative estimate of drug-likeness (QED) is 0.0904. The number of carbonyl (C=O) groups is 1. The van der Waals surface area contributed by atoms with E-state index in [-0.39, 0.29) is 31.7 Å². The monoisotopic (exact) mass is 721 g/mol. The van der Waals surface area contributed by atoms with E-state index in [1.165, 1.54) is 0 Å². The van der Waals surface area contributed by atoms with E-state index in [1.807, 2.05) is 42.6 Å². The van der Waals surface area contributed by atoms with Crippen LogP contribution in [-0.2, 0) is 24.5 Å². The number of unbranched alkanes of at least 4 members (excludes halogenated alkanes) is 1. The van der Waals surface area contributed by atoms with Crippen LogP contribution in [0.2, 0.25) is 0 Å². The van der Waals surface area contributed by atoms with E-state index in [0.717, 1.165) is 75.4 Å². The molecule has 0 aliphatic heterocycles. The average molecular weight is 722 g/mol. The summed E-state index contributed by atoms with van der Waals surface area (Å²) in [4.78, 5) is 12.7. The van der Waals surface area contributed by atoms with Gasteiger partial charge in [0.2, 0.25) is 0 Å². The van der Waals surface area contributed by atoms with Crippen LogP contribution in [0.15, 0.2) is 109 Å². The fourth-order valence-electron chi connectivity index (χ4n) is 6.21. The summed E-state index contributed by atoms with van der Waals surface area (Å²) in [6.07, 6.45) is 4.82. The second kappa shape index (κ2) is 18.9. The Labute approximate surface area is 311 Å². The number of amides is 1. The highest BCUT2D eigenvalue weighted by Crippen LogP contribution is 2.45. The third-order valence-corrected chi connectivity index (χ3v) is 8.89. The number of hydrogen-bond acceptors (Lipinski definition) is 7. The van der Waals surface area contributed by atoms with Crippen molar-refractivity contribution in [1.29, 1.82) is 0 Å². The number of hydrogen-bond donors (Lipinski definition) is 2. The molecule has 0 saturated heterocycles. The number of halogens is 1. The number of ether oxygens (including phenoxy) is 3. The predicted molar refractivity (Wildman–Crippen MR) is 210 cm³/mol. The number of rotatable bonds is 17. The van der Waals surface area contributed by atoms with Gasteiger partial charge in [-0.15, -0.1) is 17.5 Å². The van der Waals surface area contributed by atoms with Gasteiger partial charge in [0.05, 0.1) is 25.4 Å². The number of fused-ring (bicyclic) bond motifs is 2. The molecule has 5 aromatic carbocycles. The minimum absolute atomic E-state index is 0. The average Bonchev–Trinajstić information content (AvgIpc) is 3.60. The molecule has 0 saturated carbocycles. The van der Waals surface area contributed by atoms with Crippen LogP contribution in [0.5, 0.6) is 11.5 Å². The van der Waals surface area contributed by atoms with Crippen molar-refractivity contribution in [3.63, 3.8) is 0 Å². The standard InChI is InChI=1S/C42H47N5O4.ClH/c1-30(2)23-25-49-38-21-19-32-14-6-8-17-36(32)40(38)41-37-18-9-7-15-33(37)20-22-39(41)50-29-35-27-47(46-45-35)26-34(16-10-11-24-43)44-42(48)51-28-31-12-4-3-5-13-31;/h3-9,12-15,17-22,27,30,34H,10-11,16,23-26,28-29,43H2,1-2H3,(H,44,48);1H/t34-;/m1./s1. The maximum atomic E-state index is 12.7. The molecule has 9 nitrogen and oxygen atoms in total. The summed E-state index contributed by atoms with van der Waals surface area (Å²) < 4.78 is 20.3. The Morgan fingerprint density at radius 1 is 0.769 bits per heavy atom. The van der Waals surface area contributed by atoms with Crippen molar-refractivity contribution < 1.29 is 19.0 Å². The molecule has 0 aliphatic carbocycles. The molecule has 0 fully saturated rings. The van der Waals surface area contributed by atoms with Crippen LogP contribution in [0.4, 0.5) is 4.79 Å². The van der Waals surface area contributed by atoms with Gasteiger partial charge < -0.3 is 25.3 Å². The van der Waals surface area contributed by atoms with Gasteiger partial charge in [0.25, 0.3) is 0 Å². The molecular formula is C42H48ClN5O4. The van der Waals surface area contributed by atoms with E-state index in [4.69, 9.17) is 19.9 Å². The van der Waals surface area contributed by atoms with Gasteiger partial charge in [-0.2, -0.15) is 0 Å². The van der Waals surface area contributed by atoms with E-state index in [0.29, 0.717) is 31.3 Å². The Kier molecular flexibility index (Phi) is 13.9. The molecule has 272 valence electrons. The van der Waals surface area contributed by atoms with Crippen molar-refractivity contribution in [3.8, 4) is 22.6 Å². The zero-order valence-electron chi connectivity index (χ0n) is 29.9. The lowest BCUT2D eigenvalue weighted by Gasteiger charge is -2.20. The summed E-state index contributed by atoms with van der Waals surface area (Å²) in [6.45, 7) is 6.48. The van der Waals surface area contributed by atoms with Crippen LogP contribution in [-0.4, -0.2) is 40.3 Å². The highest BCUT2D eigenvalue weighted by molar-refractivity contribution is 6.09. The van der Waals surface area contributed by atoms with Gasteiger partial charge in [-0.3, -0.25) is 4.68 Å². The highest BCUT2D eigenvalue weighted by atomic mass is 35.5. The Balaban J connectivity index is 0.00000523. The summed E-state index contributed by atoms with van der Waals surface area (Å²) in [5.41, 5.74) is 9.35. The summed E-state index contributed by atoms with van der Waals surface area (Å²) in [6, 6.07) is 34.5. The van der Waals surface area contributed by atoms with Crippen LogP contribution >= 0.6 is 12.4 Å². The van der Waals surface area contributed by atoms with Gasteiger partial charge in [0.15, 0.2) is 0 Å². The fourth-order valence-corrected chi connectivity index (χ4v) is 6.21. The lowest BCUT2D eigenvalue weighted by atomic mass is 9.92. The molecule has 1 aromatic heterocycles. The number of nitrogens with two attached hydrogens (primary N) is 1. The molecular weight excluding hydrogens is 674 g/mol. The van der Waals surface area contributed by atoms with E-state index < -0.39 is 6.09 Å². The third-order valence-electron chi connectivity index (χ3n) is 8.89. The molecule has 0 spiro atoms. The Hall–Kier alpha value is -5.12. The maximum Gasteiger partial charge on any atom is 0.407 e. The number of aromatic nitrogens is 3.